The van der Waals surface area contributed by atoms with Crippen LogP contribution in [0.2, 0.25) is 0 Å². The second kappa shape index (κ2) is 7.40. The fourth-order valence-corrected chi connectivity index (χ4v) is 2.78. The molecule has 0 N–H and O–H groups in total. The van der Waals surface area contributed by atoms with Crippen LogP contribution in [0.15, 0.2) is 18.2 Å². The first-order chi connectivity index (χ1) is 12.3. The van der Waals surface area contributed by atoms with Crippen molar-refractivity contribution in [3.63, 3.8) is 0 Å². The van der Waals surface area contributed by atoms with Gasteiger partial charge in [-0.05, 0) is 30.7 Å². The molecule has 0 aliphatic carbocycles. The van der Waals surface area contributed by atoms with Crippen molar-refractivity contribution in [3.05, 3.63) is 34.9 Å². The summed E-state index contributed by atoms with van der Waals surface area (Å²) in [5, 5.41) is 0. The Bertz CT molecular complexity index is 687. The van der Waals surface area contributed by atoms with E-state index >= 15 is 0 Å². The normalized spacial score (nSPS) is 17.0. The van der Waals surface area contributed by atoms with Gasteiger partial charge in [0.1, 0.15) is 5.78 Å². The topological polar surface area (TPSA) is 40.6 Å². The van der Waals surface area contributed by atoms with Gasteiger partial charge in [0.15, 0.2) is 0 Å². The van der Waals surface area contributed by atoms with Gasteiger partial charge < -0.3 is 9.80 Å². The molecule has 0 spiro atoms. The molecule has 1 fully saturated rings. The molecule has 10 heteroatoms. The van der Waals surface area contributed by atoms with E-state index in [1.807, 2.05) is 0 Å². The Morgan fingerprint density at radius 1 is 1.00 bits per heavy atom. The fraction of sp³-hybridized carbons (Fsp3) is 0.529. The molecular formula is C17H18F6N2O2. The maximum absolute atomic E-state index is 13.0. The molecule has 27 heavy (non-hydrogen) atoms. The Balaban J connectivity index is 2.32. The molecule has 1 saturated heterocycles. The molecule has 1 aromatic carbocycles. The number of amides is 2. The minimum atomic E-state index is -4.95. The van der Waals surface area contributed by atoms with Crippen LogP contribution in [0, 0.1) is 0 Å². The second-order valence-electron chi connectivity index (χ2n) is 6.43. The SMILES string of the molecule is C[C@@H](c1cc(C(F)(F)F)cc(C(F)(F)F)c1)N(C)C(=O)N1CCC(=O)CC1. The summed E-state index contributed by atoms with van der Waals surface area (Å²) in [6.07, 6.45) is -9.55. The lowest BCUT2D eigenvalue weighted by Gasteiger charge is -2.34. The molecule has 1 aromatic rings. The first-order valence-corrected chi connectivity index (χ1v) is 8.13. The van der Waals surface area contributed by atoms with Crippen LogP contribution in [0.25, 0.3) is 0 Å². The van der Waals surface area contributed by atoms with Gasteiger partial charge in [0.05, 0.1) is 17.2 Å². The first kappa shape index (κ1) is 21.0. The molecule has 150 valence electrons. The molecule has 4 nitrogen and oxygen atoms in total. The number of Topliss-reactive ketones (excluding diaryl/α,β-unsaturated/α-hetero) is 1. The highest BCUT2D eigenvalue weighted by Gasteiger charge is 2.38. The molecular weight excluding hydrogens is 378 g/mol. The van der Waals surface area contributed by atoms with Crippen molar-refractivity contribution in [2.75, 3.05) is 20.1 Å². The summed E-state index contributed by atoms with van der Waals surface area (Å²) in [6, 6.07) is -0.305. The van der Waals surface area contributed by atoms with Gasteiger partial charge in [0.2, 0.25) is 0 Å². The van der Waals surface area contributed by atoms with Crippen molar-refractivity contribution in [1.82, 2.24) is 9.80 Å². The summed E-state index contributed by atoms with van der Waals surface area (Å²) in [5.41, 5.74) is -3.13. The Labute approximate surface area is 151 Å². The van der Waals surface area contributed by atoms with Crippen molar-refractivity contribution in [2.24, 2.45) is 0 Å². The third-order valence-corrected chi connectivity index (χ3v) is 4.57. The van der Waals surface area contributed by atoms with Crippen molar-refractivity contribution in [2.45, 2.75) is 38.2 Å². The van der Waals surface area contributed by atoms with Crippen molar-refractivity contribution >= 4 is 11.8 Å². The van der Waals surface area contributed by atoms with Crippen molar-refractivity contribution in [3.8, 4) is 0 Å². The average Bonchev–Trinajstić information content (AvgIpc) is 2.58. The van der Waals surface area contributed by atoms with E-state index in [9.17, 15) is 35.9 Å². The lowest BCUT2D eigenvalue weighted by atomic mass is 9.99. The lowest BCUT2D eigenvalue weighted by molar-refractivity contribution is -0.143. The monoisotopic (exact) mass is 396 g/mol. The smallest absolute Gasteiger partial charge is 0.324 e. The van der Waals surface area contributed by atoms with Crippen LogP contribution in [0.4, 0.5) is 31.1 Å². The number of ketones is 1. The van der Waals surface area contributed by atoms with Gasteiger partial charge in [-0.3, -0.25) is 4.79 Å². The lowest BCUT2D eigenvalue weighted by Crippen LogP contribution is -2.46. The van der Waals surface area contributed by atoms with E-state index < -0.39 is 35.6 Å². The van der Waals surface area contributed by atoms with E-state index in [0.29, 0.717) is 12.1 Å². The highest BCUT2D eigenvalue weighted by molar-refractivity contribution is 5.82. The molecule has 1 aliphatic rings. The molecule has 0 aromatic heterocycles. The number of hydrogen-bond donors (Lipinski definition) is 0. The number of rotatable bonds is 2. The van der Waals surface area contributed by atoms with Gasteiger partial charge in [0.25, 0.3) is 0 Å². The minimum absolute atomic E-state index is 0.00227. The number of benzene rings is 1. The number of halogens is 6. The molecule has 2 amide bonds. The number of nitrogens with zero attached hydrogens (tertiary/aromatic N) is 2. The highest BCUT2D eigenvalue weighted by atomic mass is 19.4. The van der Waals surface area contributed by atoms with Gasteiger partial charge in [-0.2, -0.15) is 26.3 Å². The Hall–Kier alpha value is -2.26. The summed E-state index contributed by atoms with van der Waals surface area (Å²) >= 11 is 0. The second-order valence-corrected chi connectivity index (χ2v) is 6.43. The van der Waals surface area contributed by atoms with Crippen molar-refractivity contribution < 1.29 is 35.9 Å². The molecule has 0 radical (unpaired) electrons. The minimum Gasteiger partial charge on any atom is -0.324 e. The summed E-state index contributed by atoms with van der Waals surface area (Å²) in [6.45, 7) is 1.69. The number of likely N-dealkylation sites (tertiary alicyclic amines) is 1. The van der Waals surface area contributed by atoms with E-state index in [1.165, 1.54) is 18.9 Å². The number of piperidine rings is 1. The van der Waals surface area contributed by atoms with E-state index in [2.05, 4.69) is 0 Å². The predicted octanol–water partition coefficient (Wildman–Crippen LogP) is 4.50. The van der Waals surface area contributed by atoms with Gasteiger partial charge in [-0.25, -0.2) is 4.79 Å². The van der Waals surface area contributed by atoms with E-state index in [-0.39, 0.29) is 43.3 Å². The number of carbonyl (C=O) groups excluding carboxylic acids is 2. The van der Waals surface area contributed by atoms with Crippen molar-refractivity contribution in [1.29, 1.82) is 0 Å². The number of carbonyl (C=O) groups is 2. The molecule has 0 bridgehead atoms. The number of alkyl halides is 6. The molecule has 1 aliphatic heterocycles. The van der Waals surface area contributed by atoms with E-state index in [1.54, 1.807) is 0 Å². The quantitative estimate of drug-likeness (QED) is 0.691. The standard InChI is InChI=1S/C17H18F6N2O2/c1-10(24(2)15(27)25-5-3-14(26)4-6-25)11-7-12(16(18,19)20)9-13(8-11)17(21,22)23/h7-10H,3-6H2,1-2H3/t10-/m0/s1. The van der Waals surface area contributed by atoms with Gasteiger partial charge in [0, 0.05) is 33.0 Å². The fourth-order valence-electron chi connectivity index (χ4n) is 2.78. The molecule has 1 atom stereocenters. The van der Waals surface area contributed by atoms with Crippen LogP contribution < -0.4 is 0 Å². The van der Waals surface area contributed by atoms with Crippen LogP contribution in [0.5, 0.6) is 0 Å². The summed E-state index contributed by atoms with van der Waals surface area (Å²) in [5.74, 6) is 0.00227. The summed E-state index contributed by atoms with van der Waals surface area (Å²) in [4.78, 5) is 26.2. The molecule has 0 unspecified atom stereocenters. The first-order valence-electron chi connectivity index (χ1n) is 8.13. The van der Waals surface area contributed by atoms with Crippen LogP contribution in [-0.4, -0.2) is 41.8 Å². The Morgan fingerprint density at radius 2 is 1.44 bits per heavy atom. The van der Waals surface area contributed by atoms with Gasteiger partial charge in [-0.1, -0.05) is 0 Å². The number of urea groups is 1. The third-order valence-electron chi connectivity index (χ3n) is 4.57. The Kier molecular flexibility index (Phi) is 5.77. The average molecular weight is 396 g/mol. The van der Waals surface area contributed by atoms with Crippen LogP contribution in [-0.2, 0) is 17.1 Å². The summed E-state index contributed by atoms with van der Waals surface area (Å²) < 4.78 is 78.0. The maximum atomic E-state index is 13.0. The van der Waals surface area contributed by atoms with Gasteiger partial charge in [-0.15, -0.1) is 0 Å². The van der Waals surface area contributed by atoms with Crippen LogP contribution >= 0.6 is 0 Å². The number of hydrogen-bond acceptors (Lipinski definition) is 2. The van der Waals surface area contributed by atoms with E-state index in [0.717, 1.165) is 4.90 Å². The zero-order chi connectivity index (χ0) is 20.6. The molecule has 1 heterocycles. The third kappa shape index (κ3) is 4.92. The largest absolute Gasteiger partial charge is 0.416 e. The zero-order valence-corrected chi connectivity index (χ0v) is 14.6. The zero-order valence-electron chi connectivity index (χ0n) is 14.6. The molecule has 2 rings (SSSR count). The molecule has 0 saturated carbocycles. The predicted molar refractivity (Wildman–Crippen MR) is 83.8 cm³/mol. The van der Waals surface area contributed by atoms with Gasteiger partial charge >= 0.3 is 18.4 Å². The summed E-state index contributed by atoms with van der Waals surface area (Å²) in [7, 11) is 1.30. The van der Waals surface area contributed by atoms with E-state index in [4.69, 9.17) is 0 Å². The Morgan fingerprint density at radius 3 is 1.85 bits per heavy atom. The maximum Gasteiger partial charge on any atom is 0.416 e. The van der Waals surface area contributed by atoms with Crippen LogP contribution in [0.3, 0.4) is 0 Å². The highest BCUT2D eigenvalue weighted by Crippen LogP contribution is 2.38. The van der Waals surface area contributed by atoms with Crippen LogP contribution in [0.1, 0.15) is 42.5 Å².